The third kappa shape index (κ3) is 4.48. The van der Waals surface area contributed by atoms with E-state index in [4.69, 9.17) is 14.2 Å². The molecule has 3 heterocycles. The summed E-state index contributed by atoms with van der Waals surface area (Å²) in [5.74, 6) is 2.97. The average molecular weight is 481 g/mol. The van der Waals surface area contributed by atoms with Gasteiger partial charge in [0, 0.05) is 37.3 Å². The fraction of sp³-hybridized carbons (Fsp3) is 0.143. The van der Waals surface area contributed by atoms with Crippen LogP contribution in [0.15, 0.2) is 84.0 Å². The number of nitrogens with zero attached hydrogens (tertiary/aromatic N) is 4. The summed E-state index contributed by atoms with van der Waals surface area (Å²) < 4.78 is 18.4. The van der Waals surface area contributed by atoms with Crippen LogP contribution in [0.3, 0.4) is 0 Å². The molecule has 36 heavy (non-hydrogen) atoms. The van der Waals surface area contributed by atoms with Crippen LogP contribution in [0.25, 0.3) is 22.2 Å². The van der Waals surface area contributed by atoms with Gasteiger partial charge in [0.05, 0.1) is 37.2 Å². The number of aromatic nitrogens is 4. The van der Waals surface area contributed by atoms with Gasteiger partial charge in [0.2, 0.25) is 0 Å². The van der Waals surface area contributed by atoms with E-state index in [2.05, 4.69) is 15.0 Å². The van der Waals surface area contributed by atoms with E-state index in [0.29, 0.717) is 52.0 Å². The van der Waals surface area contributed by atoms with Crippen LogP contribution in [0.2, 0.25) is 0 Å². The van der Waals surface area contributed by atoms with Crippen LogP contribution in [0.5, 0.6) is 23.0 Å². The fourth-order valence-electron chi connectivity index (χ4n) is 3.96. The van der Waals surface area contributed by atoms with Crippen molar-refractivity contribution in [2.75, 3.05) is 14.2 Å². The monoisotopic (exact) mass is 480 g/mol. The molecule has 8 heteroatoms. The van der Waals surface area contributed by atoms with Gasteiger partial charge >= 0.3 is 0 Å². The normalized spacial score (nSPS) is 10.9. The lowest BCUT2D eigenvalue weighted by Crippen LogP contribution is -2.24. The van der Waals surface area contributed by atoms with Crippen LogP contribution in [-0.2, 0) is 13.5 Å². The first-order chi connectivity index (χ1) is 17.6. The lowest BCUT2D eigenvalue weighted by molar-refractivity contribution is 0.355. The van der Waals surface area contributed by atoms with Crippen molar-refractivity contribution in [2.45, 2.75) is 6.42 Å². The molecule has 0 radical (unpaired) electrons. The predicted octanol–water partition coefficient (Wildman–Crippen LogP) is 4.79. The minimum absolute atomic E-state index is 0.154. The minimum Gasteiger partial charge on any atom is -0.493 e. The molecule has 3 aromatic heterocycles. The van der Waals surface area contributed by atoms with Crippen molar-refractivity contribution >= 4 is 10.9 Å². The van der Waals surface area contributed by atoms with Crippen molar-refractivity contribution in [1.82, 2.24) is 19.5 Å². The maximum absolute atomic E-state index is 13.0. The number of fused-ring (bicyclic) bond motifs is 1. The Bertz CT molecular complexity index is 1580. The first-order valence-electron chi connectivity index (χ1n) is 11.3. The highest BCUT2D eigenvalue weighted by Crippen LogP contribution is 2.36. The second-order valence-electron chi connectivity index (χ2n) is 8.13. The highest BCUT2D eigenvalue weighted by atomic mass is 16.5. The van der Waals surface area contributed by atoms with Gasteiger partial charge in [-0.05, 0) is 29.8 Å². The molecule has 0 saturated carbocycles. The Kier molecular flexibility index (Phi) is 6.32. The zero-order valence-electron chi connectivity index (χ0n) is 20.1. The first kappa shape index (κ1) is 23.0. The maximum atomic E-state index is 13.0. The molecule has 0 unspecified atom stereocenters. The van der Waals surface area contributed by atoms with Gasteiger partial charge in [-0.1, -0.05) is 30.3 Å². The predicted molar refractivity (Wildman–Crippen MR) is 137 cm³/mol. The lowest BCUT2D eigenvalue weighted by atomic mass is 10.1. The number of pyridine rings is 2. The summed E-state index contributed by atoms with van der Waals surface area (Å²) >= 11 is 0. The van der Waals surface area contributed by atoms with Crippen molar-refractivity contribution in [3.8, 4) is 34.3 Å². The number of hydrogen-bond acceptors (Lipinski definition) is 7. The van der Waals surface area contributed by atoms with Gasteiger partial charge in [0.1, 0.15) is 17.3 Å². The van der Waals surface area contributed by atoms with Crippen LogP contribution in [-0.4, -0.2) is 33.7 Å². The molecular formula is C28H24N4O4. The smallest absolute Gasteiger partial charge is 0.262 e. The number of rotatable bonds is 7. The van der Waals surface area contributed by atoms with Gasteiger partial charge in [0.25, 0.3) is 5.56 Å². The molecular weight excluding hydrogens is 456 g/mol. The third-order valence-electron chi connectivity index (χ3n) is 5.92. The van der Waals surface area contributed by atoms with E-state index in [1.807, 2.05) is 36.4 Å². The molecule has 5 aromatic rings. The topological polar surface area (TPSA) is 88.4 Å². The highest BCUT2D eigenvalue weighted by Gasteiger charge is 2.14. The summed E-state index contributed by atoms with van der Waals surface area (Å²) in [6.07, 6.45) is 5.40. The number of methoxy groups -OCH3 is 2. The van der Waals surface area contributed by atoms with E-state index in [0.717, 1.165) is 10.9 Å². The Labute approximate surface area is 207 Å². The number of hydrogen-bond donors (Lipinski definition) is 0. The Balaban J connectivity index is 1.41. The summed E-state index contributed by atoms with van der Waals surface area (Å²) in [6, 6.07) is 18.8. The first-order valence-corrected chi connectivity index (χ1v) is 11.3. The third-order valence-corrected chi connectivity index (χ3v) is 5.92. The van der Waals surface area contributed by atoms with Gasteiger partial charge in [0.15, 0.2) is 11.5 Å². The van der Waals surface area contributed by atoms with E-state index in [1.165, 1.54) is 0 Å². The fourth-order valence-corrected chi connectivity index (χ4v) is 3.96. The lowest BCUT2D eigenvalue weighted by Gasteiger charge is -2.12. The summed E-state index contributed by atoms with van der Waals surface area (Å²) in [5, 5.41) is 0.770. The second kappa shape index (κ2) is 9.87. The van der Waals surface area contributed by atoms with Crippen LogP contribution in [0.4, 0.5) is 0 Å². The Hall–Kier alpha value is -4.72. The van der Waals surface area contributed by atoms with E-state index >= 15 is 0 Å². The van der Waals surface area contributed by atoms with Crippen molar-refractivity contribution in [1.29, 1.82) is 0 Å². The molecule has 5 rings (SSSR count). The molecule has 0 aliphatic rings. The number of ether oxygens (including phenoxy) is 3. The van der Waals surface area contributed by atoms with E-state index in [1.54, 1.807) is 68.7 Å². The molecule has 8 nitrogen and oxygen atoms in total. The molecule has 2 aromatic carbocycles. The molecule has 0 amide bonds. The van der Waals surface area contributed by atoms with E-state index < -0.39 is 0 Å². The minimum atomic E-state index is -0.154. The van der Waals surface area contributed by atoms with Gasteiger partial charge < -0.3 is 14.2 Å². The van der Waals surface area contributed by atoms with E-state index in [-0.39, 0.29) is 5.56 Å². The number of benzene rings is 2. The highest BCUT2D eigenvalue weighted by molar-refractivity contribution is 5.88. The molecule has 0 bridgehead atoms. The van der Waals surface area contributed by atoms with Gasteiger partial charge in [-0.15, -0.1) is 0 Å². The molecule has 0 saturated heterocycles. The van der Waals surface area contributed by atoms with Crippen LogP contribution >= 0.6 is 0 Å². The molecule has 0 fully saturated rings. The van der Waals surface area contributed by atoms with Crippen molar-refractivity contribution in [2.24, 2.45) is 7.05 Å². The SMILES string of the molecule is COc1cc2nccc(Oc3ccc(-c4cnc(Cc5ccccc5)n(C)c4=O)nc3)c2cc1OC. The molecule has 0 atom stereocenters. The van der Waals surface area contributed by atoms with Crippen molar-refractivity contribution in [3.63, 3.8) is 0 Å². The Morgan fingerprint density at radius 1 is 0.833 bits per heavy atom. The van der Waals surface area contributed by atoms with Crippen molar-refractivity contribution < 1.29 is 14.2 Å². The summed E-state index contributed by atoms with van der Waals surface area (Å²) in [7, 11) is 4.89. The second-order valence-corrected chi connectivity index (χ2v) is 8.13. The van der Waals surface area contributed by atoms with Crippen LogP contribution < -0.4 is 19.8 Å². The van der Waals surface area contributed by atoms with Crippen LogP contribution in [0, 0.1) is 0 Å². The quantitative estimate of drug-likeness (QED) is 0.331. The zero-order valence-corrected chi connectivity index (χ0v) is 20.1. The van der Waals surface area contributed by atoms with Gasteiger partial charge in [-0.25, -0.2) is 4.98 Å². The molecule has 0 aliphatic heterocycles. The summed E-state index contributed by atoms with van der Waals surface area (Å²) in [6.45, 7) is 0. The van der Waals surface area contributed by atoms with Crippen LogP contribution in [0.1, 0.15) is 11.4 Å². The van der Waals surface area contributed by atoms with Gasteiger partial charge in [-0.2, -0.15) is 0 Å². The zero-order chi connectivity index (χ0) is 25.1. The average Bonchev–Trinajstić information content (AvgIpc) is 2.92. The standard InChI is InChI=1S/C28H24N4O4/c1-32-27(13-18-7-5-4-6-8-18)31-17-21(28(32)33)22-10-9-19(16-30-22)36-24-11-12-29-23-15-26(35-3)25(34-2)14-20(23)24/h4-12,14-17H,13H2,1-3H3. The molecule has 0 spiro atoms. The molecule has 0 N–H and O–H groups in total. The Morgan fingerprint density at radius 2 is 1.61 bits per heavy atom. The molecule has 180 valence electrons. The summed E-state index contributed by atoms with van der Waals surface area (Å²) in [5.41, 5.74) is 2.59. The summed E-state index contributed by atoms with van der Waals surface area (Å²) in [4.78, 5) is 26.4. The molecule has 0 aliphatic carbocycles. The Morgan fingerprint density at radius 3 is 2.33 bits per heavy atom. The van der Waals surface area contributed by atoms with Crippen molar-refractivity contribution in [3.05, 3.63) is 101 Å². The van der Waals surface area contributed by atoms with E-state index in [9.17, 15) is 4.79 Å². The maximum Gasteiger partial charge on any atom is 0.262 e. The largest absolute Gasteiger partial charge is 0.493 e. The van der Waals surface area contributed by atoms with Gasteiger partial charge in [-0.3, -0.25) is 19.3 Å².